The van der Waals surface area contributed by atoms with Gasteiger partial charge in [-0.2, -0.15) is 0 Å². The number of halogens is 2. The Balaban J connectivity index is 1.51. The van der Waals surface area contributed by atoms with E-state index in [1.54, 1.807) is 6.07 Å². The Kier molecular flexibility index (Phi) is 7.60. The number of nitrogens with one attached hydrogen (secondary N) is 3. The van der Waals surface area contributed by atoms with Gasteiger partial charge in [-0.05, 0) is 69.4 Å². The van der Waals surface area contributed by atoms with E-state index in [2.05, 4.69) is 25.9 Å². The lowest BCUT2D eigenvalue weighted by atomic mass is 9.91. The molecule has 3 rings (SSSR count). The molecule has 1 aromatic heterocycles. The largest absolute Gasteiger partial charge is 0.367 e. The van der Waals surface area contributed by atoms with Crippen LogP contribution in [0.1, 0.15) is 37.1 Å². The third-order valence-corrected chi connectivity index (χ3v) is 5.92. The molecule has 162 valence electrons. The maximum atomic E-state index is 6.30. The van der Waals surface area contributed by atoms with Gasteiger partial charge in [0.2, 0.25) is 0 Å². The van der Waals surface area contributed by atoms with E-state index < -0.39 is 0 Å². The topological polar surface area (TPSA) is 65.1 Å². The molecule has 6 nitrogen and oxygen atoms in total. The first-order valence-electron chi connectivity index (χ1n) is 10.0. The van der Waals surface area contributed by atoms with Crippen molar-refractivity contribution in [3.8, 4) is 0 Å². The standard InChI is InChI=1S/C21H28Cl2N6S/c1-12-9-14(22)10-17(23)20(12)28-21(30)27-16-7-5-15(6-8-16)26-18-11-19(29(3)4)25-13(2)24-18/h9-11,15-16H,5-8H2,1-4H3,(H,24,25,26)(H2,27,28,30). The summed E-state index contributed by atoms with van der Waals surface area (Å²) in [4.78, 5) is 11.0. The molecule has 1 fully saturated rings. The molecule has 0 amide bonds. The zero-order chi connectivity index (χ0) is 21.8. The van der Waals surface area contributed by atoms with Gasteiger partial charge in [0.05, 0.1) is 10.7 Å². The fourth-order valence-corrected chi connectivity index (χ4v) is 4.55. The highest BCUT2D eigenvalue weighted by molar-refractivity contribution is 7.80. The van der Waals surface area contributed by atoms with Gasteiger partial charge < -0.3 is 20.9 Å². The highest BCUT2D eigenvalue weighted by Crippen LogP contribution is 2.30. The SMILES string of the molecule is Cc1nc(NC2CCC(NC(=S)Nc3c(C)cc(Cl)cc3Cl)CC2)cc(N(C)C)n1. The second kappa shape index (κ2) is 9.98. The number of hydrogen-bond acceptors (Lipinski definition) is 5. The zero-order valence-corrected chi connectivity index (χ0v) is 20.0. The van der Waals surface area contributed by atoms with Gasteiger partial charge in [0.25, 0.3) is 0 Å². The minimum absolute atomic E-state index is 0.332. The van der Waals surface area contributed by atoms with Crippen LogP contribution in [0, 0.1) is 13.8 Å². The number of anilines is 3. The zero-order valence-electron chi connectivity index (χ0n) is 17.7. The number of thiocarbonyl (C=S) groups is 1. The molecule has 0 aliphatic heterocycles. The van der Waals surface area contributed by atoms with Gasteiger partial charge in [0.1, 0.15) is 17.5 Å². The van der Waals surface area contributed by atoms with Gasteiger partial charge in [0, 0.05) is 37.3 Å². The highest BCUT2D eigenvalue weighted by Gasteiger charge is 2.22. The summed E-state index contributed by atoms with van der Waals surface area (Å²) in [5, 5.41) is 12.0. The molecular formula is C21H28Cl2N6S. The van der Waals surface area contributed by atoms with E-state index in [9.17, 15) is 0 Å². The van der Waals surface area contributed by atoms with Crippen LogP contribution in [0.15, 0.2) is 18.2 Å². The van der Waals surface area contributed by atoms with Crippen LogP contribution in [0.2, 0.25) is 10.0 Å². The molecule has 0 saturated heterocycles. The Bertz CT molecular complexity index is 889. The van der Waals surface area contributed by atoms with Gasteiger partial charge in [0.15, 0.2) is 5.11 Å². The Morgan fingerprint density at radius 1 is 1.03 bits per heavy atom. The van der Waals surface area contributed by atoms with Gasteiger partial charge in [-0.25, -0.2) is 9.97 Å². The molecule has 0 unspecified atom stereocenters. The van der Waals surface area contributed by atoms with Crippen molar-refractivity contribution in [2.75, 3.05) is 29.6 Å². The van der Waals surface area contributed by atoms with E-state index in [0.717, 1.165) is 54.4 Å². The van der Waals surface area contributed by atoms with Crippen molar-refractivity contribution in [3.05, 3.63) is 39.6 Å². The maximum absolute atomic E-state index is 6.30. The maximum Gasteiger partial charge on any atom is 0.171 e. The third-order valence-electron chi connectivity index (χ3n) is 5.19. The van der Waals surface area contributed by atoms with Crippen LogP contribution in [0.4, 0.5) is 17.3 Å². The summed E-state index contributed by atoms with van der Waals surface area (Å²) in [6, 6.07) is 6.30. The minimum atomic E-state index is 0.332. The fraction of sp³-hybridized carbons (Fsp3) is 0.476. The van der Waals surface area contributed by atoms with Crippen LogP contribution in [-0.2, 0) is 0 Å². The Morgan fingerprint density at radius 2 is 1.70 bits per heavy atom. The van der Waals surface area contributed by atoms with Gasteiger partial charge in [-0.1, -0.05) is 23.2 Å². The first-order chi connectivity index (χ1) is 14.2. The van der Waals surface area contributed by atoms with Crippen LogP contribution in [0.25, 0.3) is 0 Å². The predicted octanol–water partition coefficient (Wildman–Crippen LogP) is 5.18. The van der Waals surface area contributed by atoms with Gasteiger partial charge in [-0.15, -0.1) is 0 Å². The summed E-state index contributed by atoms with van der Waals surface area (Å²) in [6.07, 6.45) is 4.14. The highest BCUT2D eigenvalue weighted by atomic mass is 35.5. The summed E-state index contributed by atoms with van der Waals surface area (Å²) in [6.45, 7) is 3.87. The van der Waals surface area contributed by atoms with Crippen molar-refractivity contribution in [1.82, 2.24) is 15.3 Å². The monoisotopic (exact) mass is 466 g/mol. The third kappa shape index (κ3) is 6.09. The predicted molar refractivity (Wildman–Crippen MR) is 131 cm³/mol. The lowest BCUT2D eigenvalue weighted by Gasteiger charge is -2.31. The van der Waals surface area contributed by atoms with E-state index in [4.69, 9.17) is 35.4 Å². The molecule has 0 spiro atoms. The van der Waals surface area contributed by atoms with E-state index in [-0.39, 0.29) is 0 Å². The second-order valence-corrected chi connectivity index (χ2v) is 9.18. The normalized spacial score (nSPS) is 18.6. The Hall–Kier alpha value is -1.83. The van der Waals surface area contributed by atoms with Crippen LogP contribution >= 0.6 is 35.4 Å². The average molecular weight is 467 g/mol. The number of benzene rings is 1. The van der Waals surface area contributed by atoms with Crippen LogP contribution in [-0.4, -0.2) is 41.3 Å². The molecule has 3 N–H and O–H groups in total. The molecule has 1 heterocycles. The van der Waals surface area contributed by atoms with E-state index >= 15 is 0 Å². The number of hydrogen-bond donors (Lipinski definition) is 3. The first-order valence-corrected chi connectivity index (χ1v) is 11.2. The summed E-state index contributed by atoms with van der Waals surface area (Å²) in [5.74, 6) is 2.56. The summed E-state index contributed by atoms with van der Waals surface area (Å²) < 4.78 is 0. The number of aromatic nitrogens is 2. The lowest BCUT2D eigenvalue weighted by molar-refractivity contribution is 0.388. The van der Waals surface area contributed by atoms with E-state index in [1.807, 2.05) is 45.0 Å². The molecular weight excluding hydrogens is 439 g/mol. The number of aryl methyl sites for hydroxylation is 2. The molecule has 30 heavy (non-hydrogen) atoms. The molecule has 1 aliphatic rings. The molecule has 0 atom stereocenters. The van der Waals surface area contributed by atoms with Crippen molar-refractivity contribution in [3.63, 3.8) is 0 Å². The van der Waals surface area contributed by atoms with Crippen molar-refractivity contribution >= 4 is 57.9 Å². The summed E-state index contributed by atoms with van der Waals surface area (Å²) in [5.41, 5.74) is 1.76. The molecule has 1 aromatic carbocycles. The molecule has 1 saturated carbocycles. The van der Waals surface area contributed by atoms with E-state index in [0.29, 0.717) is 27.2 Å². The molecule has 0 radical (unpaired) electrons. The molecule has 1 aliphatic carbocycles. The van der Waals surface area contributed by atoms with Crippen LogP contribution in [0.5, 0.6) is 0 Å². The lowest BCUT2D eigenvalue weighted by Crippen LogP contribution is -2.42. The van der Waals surface area contributed by atoms with Crippen molar-refractivity contribution in [1.29, 1.82) is 0 Å². The van der Waals surface area contributed by atoms with Gasteiger partial charge in [-0.3, -0.25) is 0 Å². The number of nitrogens with zero attached hydrogens (tertiary/aromatic N) is 3. The quantitative estimate of drug-likeness (QED) is 0.524. The second-order valence-electron chi connectivity index (χ2n) is 7.92. The molecule has 0 bridgehead atoms. The first kappa shape index (κ1) is 22.8. The average Bonchev–Trinajstić information content (AvgIpc) is 2.66. The Labute approximate surface area is 193 Å². The summed E-state index contributed by atoms with van der Waals surface area (Å²) in [7, 11) is 3.97. The molecule has 9 heteroatoms. The van der Waals surface area contributed by atoms with Crippen LogP contribution < -0.4 is 20.9 Å². The van der Waals surface area contributed by atoms with Gasteiger partial charge >= 0.3 is 0 Å². The van der Waals surface area contributed by atoms with Crippen molar-refractivity contribution in [2.45, 2.75) is 51.6 Å². The van der Waals surface area contributed by atoms with Crippen molar-refractivity contribution in [2.24, 2.45) is 0 Å². The van der Waals surface area contributed by atoms with Crippen molar-refractivity contribution < 1.29 is 0 Å². The smallest absolute Gasteiger partial charge is 0.171 e. The molecule has 2 aromatic rings. The van der Waals surface area contributed by atoms with E-state index in [1.165, 1.54) is 0 Å². The Morgan fingerprint density at radius 3 is 2.33 bits per heavy atom. The van der Waals surface area contributed by atoms with Crippen LogP contribution in [0.3, 0.4) is 0 Å². The number of rotatable bonds is 5. The minimum Gasteiger partial charge on any atom is -0.367 e. The fourth-order valence-electron chi connectivity index (χ4n) is 3.64. The summed E-state index contributed by atoms with van der Waals surface area (Å²) >= 11 is 17.9.